The van der Waals surface area contributed by atoms with Gasteiger partial charge >= 0.3 is 5.97 Å². The highest BCUT2D eigenvalue weighted by Crippen LogP contribution is 2.34. The fraction of sp³-hybridized carbons (Fsp3) is 0.393. The first kappa shape index (κ1) is 26.5. The van der Waals surface area contributed by atoms with Gasteiger partial charge in [0.25, 0.3) is 5.91 Å². The van der Waals surface area contributed by atoms with Crippen LogP contribution in [0.3, 0.4) is 0 Å². The number of anilines is 1. The second kappa shape index (κ2) is 11.1. The van der Waals surface area contributed by atoms with E-state index in [1.807, 2.05) is 63.2 Å². The number of amides is 1. The van der Waals surface area contributed by atoms with Crippen molar-refractivity contribution in [3.8, 4) is 11.4 Å². The Balaban J connectivity index is 1.93. The molecule has 3 aromatic rings. The molecule has 0 aliphatic rings. The summed E-state index contributed by atoms with van der Waals surface area (Å²) in [6.07, 6.45) is 3.20. The second-order valence-corrected chi connectivity index (χ2v) is 11.1. The Bertz CT molecular complexity index is 1210. The molecule has 0 fully saturated rings. The number of aryl methyl sites for hydroxylation is 2. The van der Waals surface area contributed by atoms with Crippen molar-refractivity contribution in [2.24, 2.45) is 0 Å². The first-order valence-electron chi connectivity index (χ1n) is 12.0. The highest BCUT2D eigenvalue weighted by atomic mass is 32.2. The van der Waals surface area contributed by atoms with Gasteiger partial charge in [-0.2, -0.15) is 0 Å². The van der Waals surface area contributed by atoms with Crippen LogP contribution in [0.15, 0.2) is 47.4 Å². The summed E-state index contributed by atoms with van der Waals surface area (Å²) in [5.74, 6) is -0.327. The number of thioether (sulfide) groups is 1. The number of carbonyl (C=O) groups excluding carboxylic acids is 1. The van der Waals surface area contributed by atoms with Crippen LogP contribution in [0.25, 0.3) is 11.4 Å². The minimum Gasteiger partial charge on any atom is -0.480 e. The maximum absolute atomic E-state index is 13.2. The number of carboxylic acids is 1. The van der Waals surface area contributed by atoms with Crippen LogP contribution in [-0.4, -0.2) is 31.3 Å². The number of hydrogen-bond acceptors (Lipinski definition) is 4. The zero-order valence-electron chi connectivity index (χ0n) is 21.4. The van der Waals surface area contributed by atoms with E-state index in [9.17, 15) is 14.7 Å². The van der Waals surface area contributed by atoms with E-state index in [0.29, 0.717) is 5.69 Å². The van der Waals surface area contributed by atoms with Crippen LogP contribution >= 0.6 is 11.8 Å². The summed E-state index contributed by atoms with van der Waals surface area (Å²) < 4.78 is 1.20. The molecule has 6 nitrogen and oxygen atoms in total. The average Bonchev–Trinajstić information content (AvgIpc) is 3.12. The van der Waals surface area contributed by atoms with E-state index < -0.39 is 10.7 Å². The minimum atomic E-state index is -0.921. The third-order valence-electron chi connectivity index (χ3n) is 6.05. The Labute approximate surface area is 212 Å². The Morgan fingerprint density at radius 3 is 2.34 bits per heavy atom. The lowest BCUT2D eigenvalue weighted by atomic mass is 10.1. The maximum Gasteiger partial charge on any atom is 0.319 e. The van der Waals surface area contributed by atoms with Gasteiger partial charge in [-0.15, -0.1) is 11.8 Å². The van der Waals surface area contributed by atoms with E-state index in [2.05, 4.69) is 16.8 Å². The standard InChI is InChI=1S/C28H35N3O3S/c1-7-8-9-16-31-20(4)24(26(32)29-23-15-10-18(2)17-19(23)3)30-25(31)21-11-13-22(14-12-21)35-28(5,6)27(33)34/h10-15,17H,7-9,16H2,1-6H3,(H,29,32)(H,33,34). The maximum atomic E-state index is 13.2. The first-order valence-corrected chi connectivity index (χ1v) is 12.8. The zero-order valence-corrected chi connectivity index (χ0v) is 22.3. The normalized spacial score (nSPS) is 11.5. The summed E-state index contributed by atoms with van der Waals surface area (Å²) in [6.45, 7) is 12.3. The fourth-order valence-electron chi connectivity index (χ4n) is 3.91. The highest BCUT2D eigenvalue weighted by Gasteiger charge is 2.28. The number of rotatable bonds is 10. The quantitative estimate of drug-likeness (QED) is 0.238. The Morgan fingerprint density at radius 2 is 1.74 bits per heavy atom. The van der Waals surface area contributed by atoms with Crippen molar-refractivity contribution in [2.75, 3.05) is 5.32 Å². The highest BCUT2D eigenvalue weighted by molar-refractivity contribution is 8.01. The molecule has 0 aliphatic heterocycles. The predicted octanol–water partition coefficient (Wildman–Crippen LogP) is 6.87. The summed E-state index contributed by atoms with van der Waals surface area (Å²) in [4.78, 5) is 30.4. The second-order valence-electron chi connectivity index (χ2n) is 9.44. The SMILES string of the molecule is CCCCCn1c(-c2ccc(SC(C)(C)C(=O)O)cc2)nc(C(=O)Nc2ccc(C)cc2C)c1C. The van der Waals surface area contributed by atoms with Crippen LogP contribution in [-0.2, 0) is 11.3 Å². The number of unbranched alkanes of at least 4 members (excludes halogenated alkanes) is 2. The van der Waals surface area contributed by atoms with Gasteiger partial charge in [0, 0.05) is 28.4 Å². The molecule has 2 aromatic carbocycles. The molecule has 3 rings (SSSR count). The van der Waals surface area contributed by atoms with Gasteiger partial charge in [-0.3, -0.25) is 9.59 Å². The van der Waals surface area contributed by atoms with Crippen LogP contribution in [0.1, 0.15) is 67.3 Å². The van der Waals surface area contributed by atoms with Crippen LogP contribution in [0.2, 0.25) is 0 Å². The lowest BCUT2D eigenvalue weighted by molar-refractivity contribution is -0.138. The molecule has 0 saturated heterocycles. The molecule has 0 aliphatic carbocycles. The smallest absolute Gasteiger partial charge is 0.319 e. The molecule has 1 aromatic heterocycles. The van der Waals surface area contributed by atoms with Crippen LogP contribution < -0.4 is 5.32 Å². The van der Waals surface area contributed by atoms with Gasteiger partial charge in [-0.25, -0.2) is 4.98 Å². The molecule has 0 bridgehead atoms. The van der Waals surface area contributed by atoms with Crippen molar-refractivity contribution in [1.29, 1.82) is 0 Å². The molecule has 7 heteroatoms. The lowest BCUT2D eigenvalue weighted by Gasteiger charge is -2.18. The van der Waals surface area contributed by atoms with Crippen molar-refractivity contribution in [3.63, 3.8) is 0 Å². The number of carboxylic acid groups (broad SMARTS) is 1. The number of benzene rings is 2. The average molecular weight is 494 g/mol. The van der Waals surface area contributed by atoms with Gasteiger partial charge in [-0.1, -0.05) is 49.6 Å². The van der Waals surface area contributed by atoms with E-state index in [1.165, 1.54) is 11.8 Å². The molecule has 1 amide bonds. The molecule has 0 unspecified atom stereocenters. The van der Waals surface area contributed by atoms with Gasteiger partial charge in [0.05, 0.1) is 0 Å². The molecule has 35 heavy (non-hydrogen) atoms. The van der Waals surface area contributed by atoms with Crippen LogP contribution in [0.5, 0.6) is 0 Å². The number of nitrogens with zero attached hydrogens (tertiary/aromatic N) is 2. The number of hydrogen-bond donors (Lipinski definition) is 2. The van der Waals surface area contributed by atoms with Gasteiger partial charge in [-0.05, 0) is 64.8 Å². The monoisotopic (exact) mass is 493 g/mol. The van der Waals surface area contributed by atoms with E-state index in [1.54, 1.807) is 13.8 Å². The van der Waals surface area contributed by atoms with Gasteiger partial charge in [0.15, 0.2) is 0 Å². The molecular formula is C28H35N3O3S. The zero-order chi connectivity index (χ0) is 25.8. The molecule has 2 N–H and O–H groups in total. The largest absolute Gasteiger partial charge is 0.480 e. The van der Waals surface area contributed by atoms with E-state index >= 15 is 0 Å². The molecule has 0 atom stereocenters. The summed E-state index contributed by atoms with van der Waals surface area (Å²) >= 11 is 1.30. The van der Waals surface area contributed by atoms with Crippen molar-refractivity contribution in [2.45, 2.75) is 77.0 Å². The fourth-order valence-corrected chi connectivity index (χ4v) is 4.86. The molecule has 0 radical (unpaired) electrons. The Morgan fingerprint density at radius 1 is 1.06 bits per heavy atom. The summed E-state index contributed by atoms with van der Waals surface area (Å²) in [5, 5.41) is 12.4. The van der Waals surface area contributed by atoms with Gasteiger partial charge in [0.1, 0.15) is 16.3 Å². The van der Waals surface area contributed by atoms with Crippen LogP contribution in [0, 0.1) is 20.8 Å². The Hall–Kier alpha value is -3.06. The number of imidazole rings is 1. The Kier molecular flexibility index (Phi) is 8.43. The molecular weight excluding hydrogens is 458 g/mol. The van der Waals surface area contributed by atoms with Crippen molar-refractivity contribution >= 4 is 29.3 Å². The van der Waals surface area contributed by atoms with Gasteiger partial charge in [0.2, 0.25) is 0 Å². The number of aromatic nitrogens is 2. The number of aliphatic carboxylic acids is 1. The van der Waals surface area contributed by atoms with E-state index in [4.69, 9.17) is 4.98 Å². The van der Waals surface area contributed by atoms with Crippen LogP contribution in [0.4, 0.5) is 5.69 Å². The first-order chi connectivity index (χ1) is 16.5. The molecule has 1 heterocycles. The van der Waals surface area contributed by atoms with Crippen molar-refractivity contribution < 1.29 is 14.7 Å². The third kappa shape index (κ3) is 6.34. The molecule has 186 valence electrons. The number of nitrogens with one attached hydrogen (secondary N) is 1. The van der Waals surface area contributed by atoms with Crippen molar-refractivity contribution in [1.82, 2.24) is 9.55 Å². The third-order valence-corrected chi connectivity index (χ3v) is 7.24. The summed E-state index contributed by atoms with van der Waals surface area (Å²) in [6, 6.07) is 13.7. The van der Waals surface area contributed by atoms with Crippen molar-refractivity contribution in [3.05, 3.63) is 65.0 Å². The molecule has 0 saturated carbocycles. The lowest BCUT2D eigenvalue weighted by Crippen LogP contribution is -2.26. The summed E-state index contributed by atoms with van der Waals surface area (Å²) in [7, 11) is 0. The van der Waals surface area contributed by atoms with Gasteiger partial charge < -0.3 is 15.0 Å². The number of carbonyl (C=O) groups is 2. The topological polar surface area (TPSA) is 84.2 Å². The van der Waals surface area contributed by atoms with E-state index in [0.717, 1.165) is 64.6 Å². The predicted molar refractivity (Wildman–Crippen MR) is 143 cm³/mol. The van der Waals surface area contributed by atoms with E-state index in [-0.39, 0.29) is 5.91 Å². The molecule has 0 spiro atoms. The summed E-state index contributed by atoms with van der Waals surface area (Å²) in [5.41, 5.74) is 5.09. The minimum absolute atomic E-state index is 0.222.